The number of aliphatic hydroxyl groups excluding tert-OH is 1. The van der Waals surface area contributed by atoms with Crippen molar-refractivity contribution < 1.29 is 5.11 Å². The fourth-order valence-electron chi connectivity index (χ4n) is 4.92. The van der Waals surface area contributed by atoms with Gasteiger partial charge < -0.3 is 15.7 Å². The second-order valence-electron chi connectivity index (χ2n) is 8.22. The molecule has 0 aliphatic carbocycles. The lowest BCUT2D eigenvalue weighted by atomic mass is 9.97. The monoisotopic (exact) mass is 438 g/mol. The van der Waals surface area contributed by atoms with Gasteiger partial charge in [-0.15, -0.1) is 0 Å². The van der Waals surface area contributed by atoms with Gasteiger partial charge in [-0.3, -0.25) is 9.30 Å². The highest BCUT2D eigenvalue weighted by Gasteiger charge is 2.37. The van der Waals surface area contributed by atoms with Gasteiger partial charge in [-0.05, 0) is 32.1 Å². The first-order valence-corrected chi connectivity index (χ1v) is 11.6. The van der Waals surface area contributed by atoms with Gasteiger partial charge >= 0.3 is 0 Å². The van der Waals surface area contributed by atoms with Gasteiger partial charge in [0.15, 0.2) is 5.13 Å². The predicted octanol–water partition coefficient (Wildman–Crippen LogP) is 3.13. The van der Waals surface area contributed by atoms with Crippen LogP contribution in [0.25, 0.3) is 5.65 Å². The number of aliphatic hydroxyl groups is 1. The molecule has 3 atom stereocenters. The number of anilines is 3. The van der Waals surface area contributed by atoms with Crippen molar-refractivity contribution in [1.82, 2.24) is 24.3 Å². The quantitative estimate of drug-likeness (QED) is 0.515. The number of nitrogens with one attached hydrogen (secondary N) is 2. The number of fused-ring (bicyclic) bond motifs is 3. The summed E-state index contributed by atoms with van der Waals surface area (Å²) in [7, 11) is 0. The molecule has 5 heterocycles. The van der Waals surface area contributed by atoms with Crippen molar-refractivity contribution in [2.24, 2.45) is 0 Å². The van der Waals surface area contributed by atoms with E-state index in [2.05, 4.69) is 31.6 Å². The first-order chi connectivity index (χ1) is 15.2. The molecule has 2 aliphatic rings. The fourth-order valence-corrected chi connectivity index (χ4v) is 5.59. The van der Waals surface area contributed by atoms with Gasteiger partial charge in [0.1, 0.15) is 11.5 Å². The first kappa shape index (κ1) is 20.2. The summed E-state index contributed by atoms with van der Waals surface area (Å²) in [5.41, 5.74) is 0.810. The van der Waals surface area contributed by atoms with Crippen LogP contribution in [0.1, 0.15) is 43.4 Å². The van der Waals surface area contributed by atoms with Crippen molar-refractivity contribution in [2.75, 3.05) is 17.2 Å². The maximum absolute atomic E-state index is 9.30. The predicted molar refractivity (Wildman–Crippen MR) is 119 cm³/mol. The standard InChI is InChI=1S/C21H26N8OS/c22-6-1-8-28-15-3-2-14(10-16(28)5-4-15)25-18-11-19-23-7-9-29(19)20(26-18)27-21-24-12-17(13-30)31-21/h7,9,11-12,14-16,25,30H,1-5,8,10,13H2,(H,24,26,27)/t14-,15?,16+/m1/s1. The van der Waals surface area contributed by atoms with Gasteiger partial charge in [0.25, 0.3) is 0 Å². The number of thiazole rings is 1. The van der Waals surface area contributed by atoms with Crippen molar-refractivity contribution in [2.45, 2.75) is 63.3 Å². The number of nitrogens with zero attached hydrogens (tertiary/aromatic N) is 6. The topological polar surface area (TPSA) is 114 Å². The minimum atomic E-state index is -0.0237. The van der Waals surface area contributed by atoms with Crippen LogP contribution >= 0.6 is 11.3 Å². The average molecular weight is 439 g/mol. The molecule has 162 valence electrons. The van der Waals surface area contributed by atoms with Crippen LogP contribution in [-0.4, -0.2) is 54.0 Å². The molecule has 2 saturated heterocycles. The van der Waals surface area contributed by atoms with E-state index >= 15 is 0 Å². The summed E-state index contributed by atoms with van der Waals surface area (Å²) in [6.45, 7) is 0.860. The van der Waals surface area contributed by atoms with E-state index in [0.717, 1.165) is 42.1 Å². The van der Waals surface area contributed by atoms with Crippen molar-refractivity contribution in [1.29, 1.82) is 5.26 Å². The first-order valence-electron chi connectivity index (χ1n) is 10.8. The second-order valence-corrected chi connectivity index (χ2v) is 9.34. The molecule has 9 nitrogen and oxygen atoms in total. The van der Waals surface area contributed by atoms with E-state index in [4.69, 9.17) is 10.2 Å². The van der Waals surface area contributed by atoms with Gasteiger partial charge in [-0.25, -0.2) is 9.97 Å². The number of imidazole rings is 1. The third-order valence-corrected chi connectivity index (χ3v) is 7.23. The third kappa shape index (κ3) is 4.21. The average Bonchev–Trinajstić information content (AvgIpc) is 3.47. The molecule has 31 heavy (non-hydrogen) atoms. The van der Waals surface area contributed by atoms with E-state index in [1.807, 2.05) is 16.7 Å². The van der Waals surface area contributed by atoms with Crippen LogP contribution in [0.2, 0.25) is 0 Å². The van der Waals surface area contributed by atoms with Crippen molar-refractivity contribution in [3.05, 3.63) is 29.5 Å². The molecule has 3 aromatic heterocycles. The van der Waals surface area contributed by atoms with E-state index < -0.39 is 0 Å². The summed E-state index contributed by atoms with van der Waals surface area (Å²) >= 11 is 1.40. The smallest absolute Gasteiger partial charge is 0.216 e. The van der Waals surface area contributed by atoms with E-state index in [1.54, 1.807) is 12.4 Å². The molecule has 2 fully saturated rings. The molecular weight excluding hydrogens is 412 g/mol. The summed E-state index contributed by atoms with van der Waals surface area (Å²) in [6.07, 6.45) is 11.7. The van der Waals surface area contributed by atoms with Crippen molar-refractivity contribution in [3.63, 3.8) is 0 Å². The lowest BCUT2D eigenvalue weighted by molar-refractivity contribution is 0.198. The third-order valence-electron chi connectivity index (χ3n) is 6.33. The Morgan fingerprint density at radius 1 is 1.23 bits per heavy atom. The van der Waals surface area contributed by atoms with Crippen molar-refractivity contribution in [3.8, 4) is 6.07 Å². The van der Waals surface area contributed by atoms with Gasteiger partial charge in [-0.2, -0.15) is 10.2 Å². The minimum Gasteiger partial charge on any atom is -0.391 e. The van der Waals surface area contributed by atoms with Crippen LogP contribution in [0, 0.1) is 11.3 Å². The van der Waals surface area contributed by atoms with Gasteiger partial charge in [0, 0.05) is 55.7 Å². The van der Waals surface area contributed by atoms with Crippen LogP contribution in [0.4, 0.5) is 16.9 Å². The van der Waals surface area contributed by atoms with E-state index in [9.17, 15) is 5.11 Å². The molecule has 2 bridgehead atoms. The zero-order chi connectivity index (χ0) is 21.2. The van der Waals surface area contributed by atoms with E-state index in [0.29, 0.717) is 35.6 Å². The number of hydrogen-bond acceptors (Lipinski definition) is 9. The van der Waals surface area contributed by atoms with E-state index in [-0.39, 0.29) is 6.61 Å². The van der Waals surface area contributed by atoms with Gasteiger partial charge in [0.05, 0.1) is 17.6 Å². The molecule has 0 spiro atoms. The van der Waals surface area contributed by atoms with Crippen LogP contribution in [0.3, 0.4) is 0 Å². The molecular formula is C21H26N8OS. The number of rotatable bonds is 7. The van der Waals surface area contributed by atoms with E-state index in [1.165, 1.54) is 24.2 Å². The van der Waals surface area contributed by atoms with Gasteiger partial charge in [-0.1, -0.05) is 11.3 Å². The Hall–Kier alpha value is -2.74. The SMILES string of the molecule is N#CCCN1C2CC[C@@H](Nc3cc4nccn4c(Nc4ncc(CO)s4)n3)C[C@@H]1CC2. The normalized spacial score (nSPS) is 23.5. The molecule has 3 N–H and O–H groups in total. The highest BCUT2D eigenvalue weighted by molar-refractivity contribution is 7.15. The largest absolute Gasteiger partial charge is 0.391 e. The molecule has 5 rings (SSSR count). The van der Waals surface area contributed by atoms with Crippen LogP contribution in [0.5, 0.6) is 0 Å². The van der Waals surface area contributed by atoms with Crippen LogP contribution in [0.15, 0.2) is 24.7 Å². The zero-order valence-electron chi connectivity index (χ0n) is 17.2. The minimum absolute atomic E-state index is 0.0237. The highest BCUT2D eigenvalue weighted by Crippen LogP contribution is 2.35. The maximum atomic E-state index is 9.30. The Balaban J connectivity index is 1.34. The summed E-state index contributed by atoms with van der Waals surface area (Å²) in [4.78, 5) is 16.9. The van der Waals surface area contributed by atoms with Crippen molar-refractivity contribution >= 4 is 33.9 Å². The fraction of sp³-hybridized carbons (Fsp3) is 0.524. The molecule has 0 saturated carbocycles. The van der Waals surface area contributed by atoms with Gasteiger partial charge in [0.2, 0.25) is 5.95 Å². The second kappa shape index (κ2) is 8.78. The number of aromatic nitrogens is 4. The highest BCUT2D eigenvalue weighted by atomic mass is 32.1. The van der Waals surface area contributed by atoms with Crippen LogP contribution < -0.4 is 10.6 Å². The lowest BCUT2D eigenvalue weighted by Gasteiger charge is -2.27. The number of hydrogen-bond donors (Lipinski definition) is 3. The molecule has 0 amide bonds. The summed E-state index contributed by atoms with van der Waals surface area (Å²) in [6, 6.07) is 5.77. The zero-order valence-corrected chi connectivity index (χ0v) is 18.1. The molecule has 0 aromatic carbocycles. The lowest BCUT2D eigenvalue weighted by Crippen LogP contribution is -2.36. The summed E-state index contributed by atoms with van der Waals surface area (Å²) in [5.74, 6) is 1.44. The Morgan fingerprint density at radius 3 is 2.94 bits per heavy atom. The van der Waals surface area contributed by atoms with Crippen LogP contribution in [-0.2, 0) is 6.61 Å². The number of nitriles is 1. The molecule has 10 heteroatoms. The Bertz CT molecular complexity index is 1090. The summed E-state index contributed by atoms with van der Waals surface area (Å²) < 4.78 is 1.89. The maximum Gasteiger partial charge on any atom is 0.216 e. The molecule has 3 aromatic rings. The Morgan fingerprint density at radius 2 is 2.10 bits per heavy atom. The molecule has 2 aliphatic heterocycles. The Kier molecular flexibility index (Phi) is 5.72. The molecule has 0 radical (unpaired) electrons. The summed E-state index contributed by atoms with van der Waals surface area (Å²) in [5, 5.41) is 25.9. The Labute approximate surface area is 184 Å². The molecule has 1 unspecified atom stereocenters.